The third-order valence-electron chi connectivity index (χ3n) is 4.36. The number of hydrogen-bond donors (Lipinski definition) is 1. The number of fused-ring (bicyclic) bond motifs is 1. The van der Waals surface area contributed by atoms with E-state index in [1.54, 1.807) is 12.1 Å². The molecule has 0 spiro atoms. The Morgan fingerprint density at radius 3 is 2.88 bits per heavy atom. The molecule has 1 aliphatic heterocycles. The van der Waals surface area contributed by atoms with E-state index in [4.69, 9.17) is 4.74 Å². The molecule has 0 aliphatic carbocycles. The standard InChI is InChI=1S/C20H23FN2O2/c1-14-10-18(12-16-6-7-19(24)22-20(14)16)25-9-8-23(2)13-15-4-3-5-17(21)11-15/h3-5,10-12H,6-9,13H2,1-2H3,(H,22,24). The lowest BCUT2D eigenvalue weighted by Gasteiger charge is -2.21. The number of carbonyl (C=O) groups is 1. The molecule has 25 heavy (non-hydrogen) atoms. The van der Waals surface area contributed by atoms with E-state index in [1.807, 2.05) is 32.2 Å². The summed E-state index contributed by atoms with van der Waals surface area (Å²) in [6.45, 7) is 3.95. The van der Waals surface area contributed by atoms with Gasteiger partial charge in [0, 0.05) is 25.2 Å². The zero-order valence-electron chi connectivity index (χ0n) is 14.6. The summed E-state index contributed by atoms with van der Waals surface area (Å²) in [7, 11) is 1.99. The zero-order chi connectivity index (χ0) is 17.8. The van der Waals surface area contributed by atoms with E-state index >= 15 is 0 Å². The number of benzene rings is 2. The Bertz CT molecular complexity index is 776. The largest absolute Gasteiger partial charge is 0.492 e. The van der Waals surface area contributed by atoms with Gasteiger partial charge in [0.25, 0.3) is 0 Å². The molecule has 0 fully saturated rings. The molecule has 0 aromatic heterocycles. The number of halogens is 1. The molecule has 2 aromatic carbocycles. The maximum Gasteiger partial charge on any atom is 0.224 e. The van der Waals surface area contributed by atoms with Gasteiger partial charge in [0.05, 0.1) is 0 Å². The van der Waals surface area contributed by atoms with Crippen molar-refractivity contribution in [2.45, 2.75) is 26.3 Å². The number of amides is 1. The molecule has 0 bridgehead atoms. The monoisotopic (exact) mass is 342 g/mol. The van der Waals surface area contributed by atoms with Gasteiger partial charge in [-0.25, -0.2) is 4.39 Å². The SMILES string of the molecule is Cc1cc(OCCN(C)Cc2cccc(F)c2)cc2c1NC(=O)CC2. The second-order valence-corrected chi connectivity index (χ2v) is 6.54. The van der Waals surface area contributed by atoms with Gasteiger partial charge in [-0.2, -0.15) is 0 Å². The van der Waals surface area contributed by atoms with Gasteiger partial charge in [0.1, 0.15) is 18.2 Å². The Morgan fingerprint density at radius 2 is 2.08 bits per heavy atom. The molecule has 1 aliphatic rings. The van der Waals surface area contributed by atoms with Crippen LogP contribution in [0.4, 0.5) is 10.1 Å². The van der Waals surface area contributed by atoms with Crippen LogP contribution in [0.25, 0.3) is 0 Å². The fourth-order valence-electron chi connectivity index (χ4n) is 3.08. The van der Waals surface area contributed by atoms with Crippen LogP contribution in [0.3, 0.4) is 0 Å². The number of hydrogen-bond acceptors (Lipinski definition) is 3. The molecule has 0 saturated carbocycles. The van der Waals surface area contributed by atoms with E-state index in [2.05, 4.69) is 10.2 Å². The van der Waals surface area contributed by atoms with Crippen molar-refractivity contribution in [1.29, 1.82) is 0 Å². The maximum absolute atomic E-state index is 13.2. The topological polar surface area (TPSA) is 41.6 Å². The Kier molecular flexibility index (Phi) is 5.34. The summed E-state index contributed by atoms with van der Waals surface area (Å²) >= 11 is 0. The van der Waals surface area contributed by atoms with Gasteiger partial charge >= 0.3 is 0 Å². The van der Waals surface area contributed by atoms with Gasteiger partial charge in [-0.15, -0.1) is 0 Å². The zero-order valence-corrected chi connectivity index (χ0v) is 14.6. The van der Waals surface area contributed by atoms with Gasteiger partial charge < -0.3 is 10.1 Å². The van der Waals surface area contributed by atoms with E-state index in [1.165, 1.54) is 6.07 Å². The van der Waals surface area contributed by atoms with Gasteiger partial charge in [-0.1, -0.05) is 12.1 Å². The fraction of sp³-hybridized carbons (Fsp3) is 0.350. The summed E-state index contributed by atoms with van der Waals surface area (Å²) in [4.78, 5) is 13.6. The van der Waals surface area contributed by atoms with Crippen LogP contribution >= 0.6 is 0 Å². The second-order valence-electron chi connectivity index (χ2n) is 6.54. The Labute approximate surface area is 147 Å². The van der Waals surface area contributed by atoms with Crippen molar-refractivity contribution in [1.82, 2.24) is 4.90 Å². The van der Waals surface area contributed by atoms with Crippen LogP contribution in [0.1, 0.15) is 23.1 Å². The van der Waals surface area contributed by atoms with Crippen molar-refractivity contribution in [2.24, 2.45) is 0 Å². The summed E-state index contributed by atoms with van der Waals surface area (Å²) in [6, 6.07) is 10.6. The molecule has 0 radical (unpaired) electrons. The van der Waals surface area contributed by atoms with Crippen molar-refractivity contribution < 1.29 is 13.9 Å². The van der Waals surface area contributed by atoms with E-state index in [-0.39, 0.29) is 11.7 Å². The lowest BCUT2D eigenvalue weighted by atomic mass is 9.99. The van der Waals surface area contributed by atoms with E-state index in [0.717, 1.165) is 41.1 Å². The summed E-state index contributed by atoms with van der Waals surface area (Å²) in [5.74, 6) is 0.688. The minimum absolute atomic E-state index is 0.0724. The molecule has 132 valence electrons. The molecule has 1 amide bonds. The molecule has 5 heteroatoms. The number of aryl methyl sites for hydroxylation is 2. The summed E-state index contributed by atoms with van der Waals surface area (Å²) in [6.07, 6.45) is 1.27. The Hall–Kier alpha value is -2.40. The van der Waals surface area contributed by atoms with E-state index in [0.29, 0.717) is 19.6 Å². The molecule has 1 heterocycles. The van der Waals surface area contributed by atoms with Gasteiger partial charge in [0.2, 0.25) is 5.91 Å². The van der Waals surface area contributed by atoms with Crippen molar-refractivity contribution >= 4 is 11.6 Å². The minimum atomic E-state index is -0.209. The lowest BCUT2D eigenvalue weighted by Crippen LogP contribution is -2.24. The second kappa shape index (κ2) is 7.66. The first kappa shape index (κ1) is 17.4. The molecule has 4 nitrogen and oxygen atoms in total. The highest BCUT2D eigenvalue weighted by molar-refractivity contribution is 5.95. The average molecular weight is 342 g/mol. The first-order valence-corrected chi connectivity index (χ1v) is 8.50. The number of ether oxygens (including phenoxy) is 1. The van der Waals surface area contributed by atoms with Crippen LogP contribution in [-0.4, -0.2) is 31.0 Å². The van der Waals surface area contributed by atoms with Crippen molar-refractivity contribution in [2.75, 3.05) is 25.5 Å². The summed E-state index contributed by atoms with van der Waals surface area (Å²) in [5.41, 5.74) is 4.02. The summed E-state index contributed by atoms with van der Waals surface area (Å²) < 4.78 is 19.1. The molecular formula is C20H23FN2O2. The Morgan fingerprint density at radius 1 is 1.24 bits per heavy atom. The third-order valence-corrected chi connectivity index (χ3v) is 4.36. The quantitative estimate of drug-likeness (QED) is 0.873. The number of carbonyl (C=O) groups excluding carboxylic acids is 1. The highest BCUT2D eigenvalue weighted by Gasteiger charge is 2.17. The van der Waals surface area contributed by atoms with Crippen LogP contribution in [0, 0.1) is 12.7 Å². The first-order chi connectivity index (χ1) is 12.0. The fourth-order valence-corrected chi connectivity index (χ4v) is 3.08. The third kappa shape index (κ3) is 4.57. The molecule has 3 rings (SSSR count). The molecule has 0 unspecified atom stereocenters. The van der Waals surface area contributed by atoms with Crippen LogP contribution in [0.15, 0.2) is 36.4 Å². The average Bonchev–Trinajstić information content (AvgIpc) is 2.55. The number of rotatable bonds is 6. The first-order valence-electron chi connectivity index (χ1n) is 8.50. The predicted molar refractivity (Wildman–Crippen MR) is 96.4 cm³/mol. The molecular weight excluding hydrogens is 319 g/mol. The molecule has 1 N–H and O–H groups in total. The lowest BCUT2D eigenvalue weighted by molar-refractivity contribution is -0.116. The molecule has 2 aromatic rings. The van der Waals surface area contributed by atoms with Crippen molar-refractivity contribution in [3.63, 3.8) is 0 Å². The number of likely N-dealkylation sites (N-methyl/N-ethyl adjacent to an activating group) is 1. The van der Waals surface area contributed by atoms with E-state index < -0.39 is 0 Å². The minimum Gasteiger partial charge on any atom is -0.492 e. The summed E-state index contributed by atoms with van der Waals surface area (Å²) in [5, 5.41) is 2.93. The molecule has 0 atom stereocenters. The van der Waals surface area contributed by atoms with Gasteiger partial charge in [0.15, 0.2) is 0 Å². The van der Waals surface area contributed by atoms with Gasteiger partial charge in [-0.05, 0) is 61.3 Å². The van der Waals surface area contributed by atoms with Crippen LogP contribution in [-0.2, 0) is 17.8 Å². The smallest absolute Gasteiger partial charge is 0.224 e. The Balaban J connectivity index is 1.53. The van der Waals surface area contributed by atoms with Crippen molar-refractivity contribution in [3.05, 3.63) is 58.9 Å². The highest BCUT2D eigenvalue weighted by Crippen LogP contribution is 2.30. The van der Waals surface area contributed by atoms with E-state index in [9.17, 15) is 9.18 Å². The van der Waals surface area contributed by atoms with Gasteiger partial charge in [-0.3, -0.25) is 9.69 Å². The van der Waals surface area contributed by atoms with Crippen LogP contribution in [0.2, 0.25) is 0 Å². The van der Waals surface area contributed by atoms with Crippen LogP contribution < -0.4 is 10.1 Å². The highest BCUT2D eigenvalue weighted by atomic mass is 19.1. The molecule has 0 saturated heterocycles. The van der Waals surface area contributed by atoms with Crippen molar-refractivity contribution in [3.8, 4) is 5.75 Å². The predicted octanol–water partition coefficient (Wildman–Crippen LogP) is 3.53. The maximum atomic E-state index is 13.2. The number of nitrogens with zero attached hydrogens (tertiary/aromatic N) is 1. The van der Waals surface area contributed by atoms with Crippen LogP contribution in [0.5, 0.6) is 5.75 Å². The number of anilines is 1. The number of nitrogens with one attached hydrogen (secondary N) is 1. The normalized spacial score (nSPS) is 13.5.